The molecule has 0 aliphatic carbocycles. The lowest BCUT2D eigenvalue weighted by molar-refractivity contribution is -0.114. The number of nitrogens with two attached hydrogens (primary N) is 1. The molecule has 1 amide bonds. The summed E-state index contributed by atoms with van der Waals surface area (Å²) in [6.45, 7) is 3.73. The van der Waals surface area contributed by atoms with Gasteiger partial charge in [-0.25, -0.2) is 0 Å². The molecule has 0 heterocycles. The van der Waals surface area contributed by atoms with Gasteiger partial charge in [0.15, 0.2) is 11.5 Å². The third kappa shape index (κ3) is 3.90. The molecule has 0 saturated carbocycles. The Bertz CT molecular complexity index is 589. The van der Waals surface area contributed by atoms with E-state index in [4.69, 9.17) is 32.1 Å². The molecule has 0 spiro atoms. The van der Waals surface area contributed by atoms with Crippen LogP contribution >= 0.6 is 11.6 Å². The molecule has 1 aromatic rings. The molecule has 1 rings (SSSR count). The number of primary amides is 1. The average Bonchev–Trinajstić information content (AvgIpc) is 2.37. The van der Waals surface area contributed by atoms with E-state index in [2.05, 4.69) is 0 Å². The Morgan fingerprint density at radius 2 is 2.15 bits per heavy atom. The molecule has 0 aliphatic rings. The van der Waals surface area contributed by atoms with Gasteiger partial charge in [0, 0.05) is 0 Å². The van der Waals surface area contributed by atoms with Crippen LogP contribution in [0.4, 0.5) is 0 Å². The number of hydrogen-bond donors (Lipinski definition) is 1. The number of hydrogen-bond acceptors (Lipinski definition) is 4. The molecular formula is C14H15ClN2O3. The Balaban J connectivity index is 3.30. The van der Waals surface area contributed by atoms with Crippen molar-refractivity contribution in [2.24, 2.45) is 5.73 Å². The molecule has 106 valence electrons. The number of rotatable bonds is 5. The summed E-state index contributed by atoms with van der Waals surface area (Å²) in [5.74, 6) is 0.0307. The zero-order valence-electron chi connectivity index (χ0n) is 11.4. The van der Waals surface area contributed by atoms with Crippen molar-refractivity contribution in [1.82, 2.24) is 0 Å². The second-order valence-corrected chi connectivity index (χ2v) is 4.64. The molecule has 5 nitrogen and oxygen atoms in total. The quantitative estimate of drug-likeness (QED) is 0.668. The molecule has 0 fully saturated rings. The largest absolute Gasteiger partial charge is 0.493 e. The number of ether oxygens (including phenoxy) is 2. The fourth-order valence-electron chi connectivity index (χ4n) is 1.50. The lowest BCUT2D eigenvalue weighted by atomic mass is 10.1. The van der Waals surface area contributed by atoms with Gasteiger partial charge >= 0.3 is 0 Å². The maximum Gasteiger partial charge on any atom is 0.259 e. The van der Waals surface area contributed by atoms with Crippen LogP contribution in [-0.4, -0.2) is 19.1 Å². The predicted molar refractivity (Wildman–Crippen MR) is 76.6 cm³/mol. The fourth-order valence-corrected chi connectivity index (χ4v) is 1.76. The van der Waals surface area contributed by atoms with E-state index in [0.717, 1.165) is 0 Å². The van der Waals surface area contributed by atoms with Crippen LogP contribution < -0.4 is 15.2 Å². The van der Waals surface area contributed by atoms with Gasteiger partial charge in [-0.1, -0.05) is 11.6 Å². The topological polar surface area (TPSA) is 85.3 Å². The highest BCUT2D eigenvalue weighted by molar-refractivity contribution is 6.32. The van der Waals surface area contributed by atoms with Crippen LogP contribution in [0, 0.1) is 11.3 Å². The van der Waals surface area contributed by atoms with E-state index in [1.165, 1.54) is 13.2 Å². The van der Waals surface area contributed by atoms with Gasteiger partial charge in [-0.15, -0.1) is 0 Å². The van der Waals surface area contributed by atoms with E-state index in [0.29, 0.717) is 22.1 Å². The van der Waals surface area contributed by atoms with Crippen molar-refractivity contribution < 1.29 is 14.3 Å². The highest BCUT2D eigenvalue weighted by Gasteiger charge is 2.13. The molecular weight excluding hydrogens is 280 g/mol. The highest BCUT2D eigenvalue weighted by Crippen LogP contribution is 2.37. The zero-order valence-corrected chi connectivity index (χ0v) is 12.2. The Morgan fingerprint density at radius 3 is 2.60 bits per heavy atom. The normalized spacial score (nSPS) is 11.1. The third-order valence-electron chi connectivity index (χ3n) is 2.30. The van der Waals surface area contributed by atoms with E-state index in [-0.39, 0.29) is 11.7 Å². The number of benzene rings is 1. The van der Waals surface area contributed by atoms with Crippen molar-refractivity contribution in [3.8, 4) is 17.6 Å². The first-order chi connectivity index (χ1) is 9.38. The fraction of sp³-hybridized carbons (Fsp3) is 0.286. The van der Waals surface area contributed by atoms with Crippen molar-refractivity contribution in [3.05, 3.63) is 28.3 Å². The van der Waals surface area contributed by atoms with Crippen LogP contribution in [0.25, 0.3) is 6.08 Å². The number of nitriles is 1. The summed E-state index contributed by atoms with van der Waals surface area (Å²) >= 11 is 6.13. The zero-order chi connectivity index (χ0) is 15.3. The van der Waals surface area contributed by atoms with Gasteiger partial charge in [0.05, 0.1) is 18.2 Å². The first kappa shape index (κ1) is 15.9. The maximum atomic E-state index is 11.0. The van der Waals surface area contributed by atoms with E-state index >= 15 is 0 Å². The molecule has 0 radical (unpaired) electrons. The number of carbonyl (C=O) groups is 1. The lowest BCUT2D eigenvalue weighted by Crippen LogP contribution is -2.12. The van der Waals surface area contributed by atoms with Gasteiger partial charge in [-0.3, -0.25) is 4.79 Å². The molecule has 1 aromatic carbocycles. The summed E-state index contributed by atoms with van der Waals surface area (Å²) in [6, 6.07) is 4.91. The summed E-state index contributed by atoms with van der Waals surface area (Å²) in [6.07, 6.45) is 1.28. The standard InChI is InChI=1S/C14H15ClN2O3/c1-8(2)20-13-11(15)5-9(6-12(13)19-3)4-10(7-16)14(17)18/h4-6,8H,1-3H3,(H2,17,18)/b10-4+. The first-order valence-electron chi connectivity index (χ1n) is 5.84. The van der Waals surface area contributed by atoms with E-state index in [1.54, 1.807) is 18.2 Å². The van der Waals surface area contributed by atoms with Crippen molar-refractivity contribution in [2.45, 2.75) is 20.0 Å². The summed E-state index contributed by atoms with van der Waals surface area (Å²) in [4.78, 5) is 11.0. The monoisotopic (exact) mass is 294 g/mol. The minimum Gasteiger partial charge on any atom is -0.493 e. The summed E-state index contributed by atoms with van der Waals surface area (Å²) in [5.41, 5.74) is 5.44. The number of amides is 1. The van der Waals surface area contributed by atoms with Gasteiger partial charge in [0.2, 0.25) is 0 Å². The molecule has 0 atom stereocenters. The van der Waals surface area contributed by atoms with Gasteiger partial charge < -0.3 is 15.2 Å². The van der Waals surface area contributed by atoms with Crippen LogP contribution in [0.1, 0.15) is 19.4 Å². The molecule has 2 N–H and O–H groups in total. The Labute approximate surface area is 122 Å². The second kappa shape index (κ2) is 6.83. The van der Waals surface area contributed by atoms with Gasteiger partial charge in [0.1, 0.15) is 11.6 Å². The lowest BCUT2D eigenvalue weighted by Gasteiger charge is -2.15. The number of methoxy groups -OCH3 is 1. The minimum absolute atomic E-state index is 0.0666. The summed E-state index contributed by atoms with van der Waals surface area (Å²) in [7, 11) is 1.48. The van der Waals surface area contributed by atoms with Crippen molar-refractivity contribution in [2.75, 3.05) is 7.11 Å². The molecule has 0 aliphatic heterocycles. The number of nitrogens with zero attached hydrogens (tertiary/aromatic N) is 1. The number of halogens is 1. The van der Waals surface area contributed by atoms with Crippen LogP contribution in [0.15, 0.2) is 17.7 Å². The molecule has 0 saturated heterocycles. The van der Waals surface area contributed by atoms with E-state index in [1.807, 2.05) is 13.8 Å². The molecule has 20 heavy (non-hydrogen) atoms. The van der Waals surface area contributed by atoms with Crippen LogP contribution in [0.5, 0.6) is 11.5 Å². The highest BCUT2D eigenvalue weighted by atomic mass is 35.5. The second-order valence-electron chi connectivity index (χ2n) is 4.23. The molecule has 0 bridgehead atoms. The van der Waals surface area contributed by atoms with E-state index < -0.39 is 5.91 Å². The third-order valence-corrected chi connectivity index (χ3v) is 2.58. The first-order valence-corrected chi connectivity index (χ1v) is 6.22. The van der Waals surface area contributed by atoms with Crippen LogP contribution in [-0.2, 0) is 4.79 Å². The number of carbonyl (C=O) groups excluding carboxylic acids is 1. The minimum atomic E-state index is -0.801. The molecule has 0 aromatic heterocycles. The molecule has 0 unspecified atom stereocenters. The van der Waals surface area contributed by atoms with Crippen molar-refractivity contribution in [1.29, 1.82) is 5.26 Å². The van der Waals surface area contributed by atoms with Crippen LogP contribution in [0.2, 0.25) is 5.02 Å². The van der Waals surface area contributed by atoms with Crippen molar-refractivity contribution >= 4 is 23.6 Å². The Hall–Kier alpha value is -2.19. The van der Waals surface area contributed by atoms with Gasteiger partial charge in [0.25, 0.3) is 5.91 Å². The SMILES string of the molecule is COc1cc(/C=C(\C#N)C(N)=O)cc(Cl)c1OC(C)C. The maximum absolute atomic E-state index is 11.0. The summed E-state index contributed by atoms with van der Waals surface area (Å²) < 4.78 is 10.8. The average molecular weight is 295 g/mol. The predicted octanol–water partition coefficient (Wildman–Crippen LogP) is 2.53. The van der Waals surface area contributed by atoms with Gasteiger partial charge in [-0.05, 0) is 37.6 Å². The summed E-state index contributed by atoms with van der Waals surface area (Å²) in [5, 5.41) is 9.14. The van der Waals surface area contributed by atoms with Crippen LogP contribution in [0.3, 0.4) is 0 Å². The van der Waals surface area contributed by atoms with E-state index in [9.17, 15) is 4.79 Å². The smallest absolute Gasteiger partial charge is 0.259 e. The molecule has 6 heteroatoms. The van der Waals surface area contributed by atoms with Gasteiger partial charge in [-0.2, -0.15) is 5.26 Å². The Kier molecular flexibility index (Phi) is 5.42. The Morgan fingerprint density at radius 1 is 1.50 bits per heavy atom. The van der Waals surface area contributed by atoms with Crippen molar-refractivity contribution in [3.63, 3.8) is 0 Å².